The van der Waals surface area contributed by atoms with Crippen LogP contribution in [0.3, 0.4) is 0 Å². The predicted octanol–water partition coefficient (Wildman–Crippen LogP) is 3.75. The number of nitrogens with zero attached hydrogens (tertiary/aromatic N) is 1. The van der Waals surface area contributed by atoms with Gasteiger partial charge in [0.1, 0.15) is 0 Å². The van der Waals surface area contributed by atoms with E-state index in [2.05, 4.69) is 17.4 Å². The highest BCUT2D eigenvalue weighted by molar-refractivity contribution is 7.88. The van der Waals surface area contributed by atoms with Crippen LogP contribution in [0, 0.1) is 5.92 Å². The predicted molar refractivity (Wildman–Crippen MR) is 130 cm³/mol. The van der Waals surface area contributed by atoms with Crippen molar-refractivity contribution >= 4 is 27.5 Å². The van der Waals surface area contributed by atoms with Gasteiger partial charge in [0, 0.05) is 43.3 Å². The first kappa shape index (κ1) is 24.2. The van der Waals surface area contributed by atoms with Crippen LogP contribution in [0.2, 0.25) is 5.02 Å². The van der Waals surface area contributed by atoms with Crippen molar-refractivity contribution in [2.75, 3.05) is 32.8 Å². The van der Waals surface area contributed by atoms with Gasteiger partial charge in [-0.3, -0.25) is 4.79 Å². The SMILES string of the molecule is O=C(NCC1(c2ccccc2)CCOCC1)C1CCCN(S(=O)(=O)Cc2cccc(Cl)c2)C1. The van der Waals surface area contributed by atoms with Gasteiger partial charge in [-0.15, -0.1) is 0 Å². The van der Waals surface area contributed by atoms with Gasteiger partial charge in [0.25, 0.3) is 0 Å². The lowest BCUT2D eigenvalue weighted by Gasteiger charge is -2.38. The van der Waals surface area contributed by atoms with Crippen molar-refractivity contribution < 1.29 is 17.9 Å². The summed E-state index contributed by atoms with van der Waals surface area (Å²) in [6, 6.07) is 17.2. The third-order valence-electron chi connectivity index (χ3n) is 6.82. The van der Waals surface area contributed by atoms with Crippen molar-refractivity contribution in [1.29, 1.82) is 0 Å². The molecule has 8 heteroatoms. The Bertz CT molecular complexity index is 1060. The zero-order chi connectivity index (χ0) is 23.3. The molecule has 1 N–H and O–H groups in total. The van der Waals surface area contributed by atoms with Crippen LogP contribution in [-0.2, 0) is 30.7 Å². The van der Waals surface area contributed by atoms with E-state index in [-0.39, 0.29) is 29.5 Å². The van der Waals surface area contributed by atoms with Crippen molar-refractivity contribution in [3.63, 3.8) is 0 Å². The van der Waals surface area contributed by atoms with Gasteiger partial charge < -0.3 is 10.1 Å². The first-order valence-electron chi connectivity index (χ1n) is 11.5. The van der Waals surface area contributed by atoms with Gasteiger partial charge in [-0.05, 0) is 48.9 Å². The molecule has 178 valence electrons. The first-order chi connectivity index (χ1) is 15.9. The third kappa shape index (κ3) is 5.96. The Balaban J connectivity index is 1.40. The van der Waals surface area contributed by atoms with E-state index in [0.717, 1.165) is 12.8 Å². The van der Waals surface area contributed by atoms with Crippen LogP contribution in [0.25, 0.3) is 0 Å². The maximum absolute atomic E-state index is 13.1. The highest BCUT2D eigenvalue weighted by Gasteiger charge is 2.37. The Hall–Kier alpha value is -1.93. The lowest BCUT2D eigenvalue weighted by Crippen LogP contribution is -2.49. The van der Waals surface area contributed by atoms with E-state index in [4.69, 9.17) is 16.3 Å². The van der Waals surface area contributed by atoms with Crippen LogP contribution < -0.4 is 5.32 Å². The average Bonchev–Trinajstić information content (AvgIpc) is 2.83. The van der Waals surface area contributed by atoms with Gasteiger partial charge in [-0.2, -0.15) is 0 Å². The van der Waals surface area contributed by atoms with E-state index in [1.165, 1.54) is 9.87 Å². The summed E-state index contributed by atoms with van der Waals surface area (Å²) in [5.41, 5.74) is 1.71. The quantitative estimate of drug-likeness (QED) is 0.641. The molecule has 2 aromatic rings. The number of carbonyl (C=O) groups excluding carboxylic acids is 1. The lowest BCUT2D eigenvalue weighted by atomic mass is 9.74. The maximum Gasteiger partial charge on any atom is 0.224 e. The molecule has 1 amide bonds. The maximum atomic E-state index is 13.1. The van der Waals surface area contributed by atoms with Crippen LogP contribution in [0.15, 0.2) is 54.6 Å². The minimum atomic E-state index is -3.53. The van der Waals surface area contributed by atoms with E-state index in [0.29, 0.717) is 49.7 Å². The summed E-state index contributed by atoms with van der Waals surface area (Å²) in [6.45, 7) is 2.53. The zero-order valence-corrected chi connectivity index (χ0v) is 20.3. The Morgan fingerprint density at radius 2 is 1.88 bits per heavy atom. The summed E-state index contributed by atoms with van der Waals surface area (Å²) in [6.07, 6.45) is 3.06. The molecule has 2 aromatic carbocycles. The molecule has 2 aliphatic rings. The lowest BCUT2D eigenvalue weighted by molar-refractivity contribution is -0.126. The summed E-state index contributed by atoms with van der Waals surface area (Å²) < 4.78 is 33.1. The molecule has 0 spiro atoms. The largest absolute Gasteiger partial charge is 0.381 e. The second-order valence-corrected chi connectivity index (χ2v) is 11.5. The van der Waals surface area contributed by atoms with E-state index in [1.54, 1.807) is 24.3 Å². The highest BCUT2D eigenvalue weighted by Crippen LogP contribution is 2.34. The monoisotopic (exact) mass is 490 g/mol. The van der Waals surface area contributed by atoms with E-state index >= 15 is 0 Å². The number of hydrogen-bond acceptors (Lipinski definition) is 4. The first-order valence-corrected chi connectivity index (χ1v) is 13.5. The molecule has 2 saturated heterocycles. The van der Waals surface area contributed by atoms with Gasteiger partial charge in [-0.1, -0.05) is 54.1 Å². The van der Waals surface area contributed by atoms with Crippen LogP contribution in [0.1, 0.15) is 36.8 Å². The summed E-state index contributed by atoms with van der Waals surface area (Å²) in [5.74, 6) is -0.529. The number of amides is 1. The topological polar surface area (TPSA) is 75.7 Å². The van der Waals surface area contributed by atoms with Crippen LogP contribution >= 0.6 is 11.6 Å². The Kier molecular flexibility index (Phi) is 7.74. The number of nitrogens with one attached hydrogen (secondary N) is 1. The Morgan fingerprint density at radius 3 is 2.61 bits per heavy atom. The molecule has 0 bridgehead atoms. The number of piperidine rings is 1. The molecule has 4 rings (SSSR count). The molecule has 2 fully saturated rings. The van der Waals surface area contributed by atoms with Crippen molar-refractivity contribution in [1.82, 2.24) is 9.62 Å². The van der Waals surface area contributed by atoms with Crippen molar-refractivity contribution in [2.24, 2.45) is 5.92 Å². The van der Waals surface area contributed by atoms with Crippen LogP contribution in [-0.4, -0.2) is 51.5 Å². The van der Waals surface area contributed by atoms with Crippen LogP contribution in [0.5, 0.6) is 0 Å². The molecular formula is C25H31ClN2O4S. The molecule has 0 radical (unpaired) electrons. The molecule has 0 aliphatic carbocycles. The number of sulfonamides is 1. The van der Waals surface area contributed by atoms with E-state index in [9.17, 15) is 13.2 Å². The smallest absolute Gasteiger partial charge is 0.224 e. The number of carbonyl (C=O) groups is 1. The van der Waals surface area contributed by atoms with Gasteiger partial charge in [0.15, 0.2) is 0 Å². The molecule has 2 heterocycles. The summed E-state index contributed by atoms with van der Waals surface area (Å²) in [5, 5.41) is 3.67. The van der Waals surface area contributed by atoms with Gasteiger partial charge in [0.05, 0.1) is 11.7 Å². The number of benzene rings is 2. The fourth-order valence-corrected chi connectivity index (χ4v) is 6.67. The van der Waals surface area contributed by atoms with E-state index in [1.807, 2.05) is 18.2 Å². The number of hydrogen-bond donors (Lipinski definition) is 1. The van der Waals surface area contributed by atoms with Crippen molar-refractivity contribution in [3.05, 3.63) is 70.7 Å². The van der Waals surface area contributed by atoms with Crippen molar-refractivity contribution in [2.45, 2.75) is 36.9 Å². The Morgan fingerprint density at radius 1 is 1.12 bits per heavy atom. The van der Waals surface area contributed by atoms with Gasteiger partial charge in [-0.25, -0.2) is 12.7 Å². The minimum Gasteiger partial charge on any atom is -0.381 e. The van der Waals surface area contributed by atoms with Crippen molar-refractivity contribution in [3.8, 4) is 0 Å². The normalized spacial score (nSPS) is 21.4. The van der Waals surface area contributed by atoms with E-state index < -0.39 is 10.0 Å². The molecule has 2 aliphatic heterocycles. The molecule has 1 atom stereocenters. The molecular weight excluding hydrogens is 460 g/mol. The van der Waals surface area contributed by atoms with Crippen LogP contribution in [0.4, 0.5) is 0 Å². The number of rotatable bonds is 7. The second-order valence-electron chi connectivity index (χ2n) is 9.06. The summed E-state index contributed by atoms with van der Waals surface area (Å²) in [4.78, 5) is 13.1. The number of halogens is 1. The molecule has 6 nitrogen and oxygen atoms in total. The van der Waals surface area contributed by atoms with Gasteiger partial charge in [0.2, 0.25) is 15.9 Å². The fourth-order valence-electron chi connectivity index (χ4n) is 4.86. The Labute approximate surface area is 201 Å². The zero-order valence-electron chi connectivity index (χ0n) is 18.7. The number of ether oxygens (including phenoxy) is 1. The standard InChI is InChI=1S/C25H31ClN2O4S/c26-23-10-4-6-20(16-23)18-33(30,31)28-13-5-7-21(17-28)24(29)27-19-25(11-14-32-15-12-25)22-8-2-1-3-9-22/h1-4,6,8-10,16,21H,5,7,11-15,17-19H2,(H,27,29). The third-order valence-corrected chi connectivity index (χ3v) is 8.88. The second kappa shape index (κ2) is 10.6. The molecule has 1 unspecified atom stereocenters. The summed E-state index contributed by atoms with van der Waals surface area (Å²) >= 11 is 6.01. The fraction of sp³-hybridized carbons (Fsp3) is 0.480. The molecule has 33 heavy (non-hydrogen) atoms. The molecule has 0 saturated carbocycles. The summed E-state index contributed by atoms with van der Waals surface area (Å²) in [7, 11) is -3.53. The molecule has 0 aromatic heterocycles. The minimum absolute atomic E-state index is 0.0700. The average molecular weight is 491 g/mol. The van der Waals surface area contributed by atoms with Gasteiger partial charge >= 0.3 is 0 Å². The highest BCUT2D eigenvalue weighted by atomic mass is 35.5.